The van der Waals surface area contributed by atoms with Crippen LogP contribution in [0.4, 0.5) is 5.69 Å². The third kappa shape index (κ3) is 4.44. The number of rotatable bonds is 7. The highest BCUT2D eigenvalue weighted by atomic mass is 16.5. The molecule has 136 valence electrons. The molecule has 25 heavy (non-hydrogen) atoms. The number of fused-ring (bicyclic) bond motifs is 2. The Morgan fingerprint density at radius 1 is 1.08 bits per heavy atom. The van der Waals surface area contributed by atoms with Gasteiger partial charge in [-0.05, 0) is 37.0 Å². The molecule has 0 heterocycles. The quantitative estimate of drug-likeness (QED) is 0.768. The van der Waals surface area contributed by atoms with Crippen LogP contribution in [0.3, 0.4) is 0 Å². The summed E-state index contributed by atoms with van der Waals surface area (Å²) in [5.41, 5.74) is 0.533. The number of methoxy groups -OCH3 is 2. The molecule has 0 radical (unpaired) electrons. The van der Waals surface area contributed by atoms with Gasteiger partial charge in [-0.1, -0.05) is 6.42 Å². The van der Waals surface area contributed by atoms with Crippen LogP contribution in [0.1, 0.15) is 32.1 Å². The van der Waals surface area contributed by atoms with E-state index in [1.54, 1.807) is 18.2 Å². The predicted molar refractivity (Wildman–Crippen MR) is 92.7 cm³/mol. The molecule has 6 heteroatoms. The van der Waals surface area contributed by atoms with Gasteiger partial charge in [-0.3, -0.25) is 9.59 Å². The molecule has 2 fully saturated rings. The van der Waals surface area contributed by atoms with Crippen molar-refractivity contribution in [3.05, 3.63) is 18.2 Å². The molecule has 3 atom stereocenters. The SMILES string of the molecule is COc1cc(NC(=O)COC(=O)C[C@H]2C[C@@H]3CC[C@H]2C3)cc(OC)c1. The van der Waals surface area contributed by atoms with Crippen molar-refractivity contribution in [2.45, 2.75) is 32.1 Å². The molecule has 0 aliphatic heterocycles. The maximum atomic E-state index is 12.0. The van der Waals surface area contributed by atoms with Crippen molar-refractivity contribution in [1.29, 1.82) is 0 Å². The maximum Gasteiger partial charge on any atom is 0.306 e. The van der Waals surface area contributed by atoms with E-state index in [0.29, 0.717) is 35.4 Å². The first-order valence-electron chi connectivity index (χ1n) is 8.76. The molecule has 6 nitrogen and oxygen atoms in total. The Morgan fingerprint density at radius 3 is 2.36 bits per heavy atom. The third-order valence-electron chi connectivity index (χ3n) is 5.31. The van der Waals surface area contributed by atoms with Crippen LogP contribution in [0.25, 0.3) is 0 Å². The van der Waals surface area contributed by atoms with Gasteiger partial charge in [-0.25, -0.2) is 0 Å². The van der Waals surface area contributed by atoms with Crippen LogP contribution in [0.2, 0.25) is 0 Å². The average molecular weight is 347 g/mol. The Balaban J connectivity index is 1.45. The zero-order valence-corrected chi connectivity index (χ0v) is 14.7. The Hall–Kier alpha value is -2.24. The van der Waals surface area contributed by atoms with E-state index < -0.39 is 0 Å². The number of esters is 1. The molecule has 0 saturated heterocycles. The highest BCUT2D eigenvalue weighted by Crippen LogP contribution is 2.49. The highest BCUT2D eigenvalue weighted by molar-refractivity contribution is 5.93. The third-order valence-corrected chi connectivity index (χ3v) is 5.31. The summed E-state index contributed by atoms with van der Waals surface area (Å²) < 4.78 is 15.5. The molecule has 0 unspecified atom stereocenters. The van der Waals surface area contributed by atoms with E-state index >= 15 is 0 Å². The predicted octanol–water partition coefficient (Wildman–Crippen LogP) is 3.01. The van der Waals surface area contributed by atoms with E-state index in [0.717, 1.165) is 12.3 Å². The van der Waals surface area contributed by atoms with Crippen molar-refractivity contribution in [2.24, 2.45) is 17.8 Å². The minimum absolute atomic E-state index is 0.279. The molecule has 1 amide bonds. The molecular formula is C19H25NO5. The fourth-order valence-corrected chi connectivity index (χ4v) is 4.12. The first kappa shape index (κ1) is 17.6. The Bertz CT molecular complexity index is 622. The number of nitrogens with one attached hydrogen (secondary N) is 1. The van der Waals surface area contributed by atoms with Gasteiger partial charge in [0.2, 0.25) is 0 Å². The van der Waals surface area contributed by atoms with Crippen LogP contribution in [-0.2, 0) is 14.3 Å². The number of carbonyl (C=O) groups is 2. The molecule has 1 aromatic carbocycles. The van der Waals surface area contributed by atoms with Gasteiger partial charge in [0, 0.05) is 30.3 Å². The lowest BCUT2D eigenvalue weighted by atomic mass is 9.86. The standard InChI is InChI=1S/C19H25NO5/c1-23-16-8-15(9-17(10-16)24-2)20-18(21)11-25-19(22)7-14-6-12-3-4-13(14)5-12/h8-10,12-14H,3-7,11H2,1-2H3,(H,20,21)/t12-,13+,14-/m1/s1. The van der Waals surface area contributed by atoms with E-state index in [1.165, 1.54) is 33.5 Å². The van der Waals surface area contributed by atoms with E-state index in [2.05, 4.69) is 5.32 Å². The zero-order chi connectivity index (χ0) is 17.8. The van der Waals surface area contributed by atoms with Gasteiger partial charge in [0.05, 0.1) is 14.2 Å². The largest absolute Gasteiger partial charge is 0.497 e. The summed E-state index contributed by atoms with van der Waals surface area (Å²) in [7, 11) is 3.08. The first-order chi connectivity index (χ1) is 12.1. The molecule has 1 aromatic rings. The van der Waals surface area contributed by atoms with Crippen LogP contribution >= 0.6 is 0 Å². The molecule has 2 bridgehead atoms. The smallest absolute Gasteiger partial charge is 0.306 e. The second-order valence-corrected chi connectivity index (χ2v) is 6.95. The van der Waals surface area contributed by atoms with Gasteiger partial charge in [-0.15, -0.1) is 0 Å². The van der Waals surface area contributed by atoms with Crippen LogP contribution in [0, 0.1) is 17.8 Å². The van der Waals surface area contributed by atoms with Gasteiger partial charge in [0.25, 0.3) is 5.91 Å². The van der Waals surface area contributed by atoms with Crippen LogP contribution in [0.15, 0.2) is 18.2 Å². The summed E-state index contributed by atoms with van der Waals surface area (Å²) in [5.74, 6) is 2.40. The number of ether oxygens (including phenoxy) is 3. The van der Waals surface area contributed by atoms with Crippen molar-refractivity contribution < 1.29 is 23.8 Å². The lowest BCUT2D eigenvalue weighted by Gasteiger charge is -2.20. The topological polar surface area (TPSA) is 73.9 Å². The van der Waals surface area contributed by atoms with Crippen molar-refractivity contribution >= 4 is 17.6 Å². The molecular weight excluding hydrogens is 322 g/mol. The highest BCUT2D eigenvalue weighted by Gasteiger charge is 2.40. The number of amides is 1. The van der Waals surface area contributed by atoms with E-state index in [9.17, 15) is 9.59 Å². The van der Waals surface area contributed by atoms with E-state index in [-0.39, 0.29) is 18.5 Å². The summed E-state index contributed by atoms with van der Waals surface area (Å²) in [6.07, 6.45) is 5.37. The van der Waals surface area contributed by atoms with Crippen molar-refractivity contribution in [3.63, 3.8) is 0 Å². The molecule has 2 aliphatic rings. The van der Waals surface area contributed by atoms with Gasteiger partial charge in [0.1, 0.15) is 11.5 Å². The fraction of sp³-hybridized carbons (Fsp3) is 0.579. The summed E-state index contributed by atoms with van der Waals surface area (Å²) in [4.78, 5) is 24.0. The van der Waals surface area contributed by atoms with Crippen molar-refractivity contribution in [1.82, 2.24) is 0 Å². The second kappa shape index (κ2) is 7.76. The number of carbonyl (C=O) groups excluding carboxylic acids is 2. The first-order valence-corrected chi connectivity index (χ1v) is 8.76. The summed E-state index contributed by atoms with van der Waals surface area (Å²) in [6.45, 7) is -0.279. The number of anilines is 1. The Kier molecular flexibility index (Phi) is 5.46. The Labute approximate surface area is 147 Å². The Morgan fingerprint density at radius 2 is 1.80 bits per heavy atom. The number of benzene rings is 1. The number of hydrogen-bond acceptors (Lipinski definition) is 5. The minimum atomic E-state index is -0.378. The zero-order valence-electron chi connectivity index (χ0n) is 14.7. The summed E-state index contributed by atoms with van der Waals surface area (Å²) >= 11 is 0. The van der Waals surface area contributed by atoms with Crippen LogP contribution in [0.5, 0.6) is 11.5 Å². The molecule has 2 aliphatic carbocycles. The molecule has 3 rings (SSSR count). The molecule has 0 spiro atoms. The van der Waals surface area contributed by atoms with Crippen LogP contribution < -0.4 is 14.8 Å². The lowest BCUT2D eigenvalue weighted by Crippen LogP contribution is -2.23. The normalized spacial score (nSPS) is 24.0. The number of hydrogen-bond donors (Lipinski definition) is 1. The maximum absolute atomic E-state index is 12.0. The average Bonchev–Trinajstić information content (AvgIpc) is 3.22. The molecule has 0 aromatic heterocycles. The second-order valence-electron chi connectivity index (χ2n) is 6.95. The molecule has 1 N–H and O–H groups in total. The summed E-state index contributed by atoms with van der Waals surface area (Å²) in [5, 5.41) is 2.69. The van der Waals surface area contributed by atoms with Gasteiger partial charge < -0.3 is 19.5 Å². The monoisotopic (exact) mass is 347 g/mol. The van der Waals surface area contributed by atoms with Gasteiger partial charge >= 0.3 is 5.97 Å². The van der Waals surface area contributed by atoms with Gasteiger partial charge in [0.15, 0.2) is 6.61 Å². The van der Waals surface area contributed by atoms with Gasteiger partial charge in [-0.2, -0.15) is 0 Å². The lowest BCUT2D eigenvalue weighted by molar-refractivity contribution is -0.148. The van der Waals surface area contributed by atoms with Crippen molar-refractivity contribution in [2.75, 3.05) is 26.1 Å². The van der Waals surface area contributed by atoms with E-state index in [1.807, 2.05) is 0 Å². The molecule has 2 saturated carbocycles. The summed E-state index contributed by atoms with van der Waals surface area (Å²) in [6, 6.07) is 5.07. The van der Waals surface area contributed by atoms with E-state index in [4.69, 9.17) is 14.2 Å². The fourth-order valence-electron chi connectivity index (χ4n) is 4.12. The van der Waals surface area contributed by atoms with Crippen molar-refractivity contribution in [3.8, 4) is 11.5 Å². The minimum Gasteiger partial charge on any atom is -0.497 e. The van der Waals surface area contributed by atoms with Crippen LogP contribution in [-0.4, -0.2) is 32.7 Å².